The van der Waals surface area contributed by atoms with Crippen LogP contribution in [0.4, 0.5) is 5.69 Å². The van der Waals surface area contributed by atoms with E-state index in [1.54, 1.807) is 18.2 Å². The van der Waals surface area contributed by atoms with Crippen LogP contribution in [0.1, 0.15) is 28.1 Å². The van der Waals surface area contributed by atoms with Crippen molar-refractivity contribution in [3.8, 4) is 0 Å². The van der Waals surface area contributed by atoms with E-state index in [4.69, 9.17) is 0 Å². The average molecular weight is 314 g/mol. The van der Waals surface area contributed by atoms with Gasteiger partial charge in [-0.05, 0) is 29.1 Å². The molecule has 22 heavy (non-hydrogen) atoms. The fourth-order valence-electron chi connectivity index (χ4n) is 2.28. The topological polar surface area (TPSA) is 66.5 Å². The lowest BCUT2D eigenvalue weighted by Crippen LogP contribution is -2.28. The fraction of sp³-hybridized carbons (Fsp3) is 0.188. The number of imide groups is 1. The summed E-state index contributed by atoms with van der Waals surface area (Å²) in [6, 6.07) is 10.7. The molecule has 0 unspecified atom stereocenters. The Balaban J connectivity index is 1.64. The Kier molecular flexibility index (Phi) is 4.02. The van der Waals surface area contributed by atoms with Crippen molar-refractivity contribution in [3.05, 3.63) is 52.2 Å². The minimum absolute atomic E-state index is 0.125. The Morgan fingerprint density at radius 2 is 1.77 bits per heavy atom. The first-order valence-corrected chi connectivity index (χ1v) is 7.78. The van der Waals surface area contributed by atoms with Crippen LogP contribution in [0.25, 0.3) is 0 Å². The molecule has 3 rings (SSSR count). The Bertz CT molecular complexity index is 692. The van der Waals surface area contributed by atoms with E-state index in [-0.39, 0.29) is 24.3 Å². The van der Waals surface area contributed by atoms with Crippen molar-refractivity contribution in [1.29, 1.82) is 0 Å². The number of likely N-dealkylation sites (tertiary alicyclic amines) is 1. The van der Waals surface area contributed by atoms with Crippen LogP contribution in [0.3, 0.4) is 0 Å². The number of carbonyl (C=O) groups is 3. The maximum atomic E-state index is 11.9. The quantitative estimate of drug-likeness (QED) is 0.882. The van der Waals surface area contributed by atoms with Gasteiger partial charge in [-0.2, -0.15) is 0 Å². The van der Waals surface area contributed by atoms with E-state index in [2.05, 4.69) is 5.32 Å². The van der Waals surface area contributed by atoms with Crippen LogP contribution in [-0.4, -0.2) is 22.6 Å². The van der Waals surface area contributed by atoms with Gasteiger partial charge < -0.3 is 5.32 Å². The molecule has 0 radical (unpaired) electrons. The van der Waals surface area contributed by atoms with E-state index in [1.165, 1.54) is 16.2 Å². The molecule has 1 aromatic heterocycles. The zero-order valence-corrected chi connectivity index (χ0v) is 12.6. The third-order valence-corrected chi connectivity index (χ3v) is 4.32. The summed E-state index contributed by atoms with van der Waals surface area (Å²) in [6.45, 7) is 0.289. The highest BCUT2D eigenvalue weighted by Crippen LogP contribution is 2.18. The molecule has 3 amide bonds. The van der Waals surface area contributed by atoms with E-state index >= 15 is 0 Å². The van der Waals surface area contributed by atoms with Crippen molar-refractivity contribution in [2.24, 2.45) is 0 Å². The summed E-state index contributed by atoms with van der Waals surface area (Å²) in [5.41, 5.74) is 1.54. The first kappa shape index (κ1) is 14.5. The number of benzene rings is 1. The van der Waals surface area contributed by atoms with Gasteiger partial charge in [-0.25, -0.2) is 0 Å². The van der Waals surface area contributed by atoms with Crippen molar-refractivity contribution >= 4 is 34.7 Å². The molecular formula is C16H14N2O3S. The van der Waals surface area contributed by atoms with Crippen LogP contribution in [0.15, 0.2) is 41.8 Å². The largest absolute Gasteiger partial charge is 0.321 e. The Morgan fingerprint density at radius 1 is 1.09 bits per heavy atom. The zero-order chi connectivity index (χ0) is 15.5. The number of hydrogen-bond acceptors (Lipinski definition) is 4. The van der Waals surface area contributed by atoms with Crippen LogP contribution in [0.2, 0.25) is 0 Å². The molecule has 0 spiro atoms. The predicted molar refractivity (Wildman–Crippen MR) is 83.5 cm³/mol. The minimum atomic E-state index is -0.146. The fourth-order valence-corrected chi connectivity index (χ4v) is 2.89. The summed E-state index contributed by atoms with van der Waals surface area (Å²) in [7, 11) is 0. The van der Waals surface area contributed by atoms with Crippen LogP contribution in [0.5, 0.6) is 0 Å². The summed E-state index contributed by atoms with van der Waals surface area (Å²) >= 11 is 1.38. The first-order chi connectivity index (χ1) is 10.6. The van der Waals surface area contributed by atoms with Gasteiger partial charge in [0.15, 0.2) is 0 Å². The number of thiophene rings is 1. The molecule has 6 heteroatoms. The van der Waals surface area contributed by atoms with E-state index in [9.17, 15) is 14.4 Å². The average Bonchev–Trinajstić information content (AvgIpc) is 3.15. The van der Waals surface area contributed by atoms with Crippen molar-refractivity contribution in [2.75, 3.05) is 5.32 Å². The Labute approximate surface area is 131 Å². The molecule has 0 aliphatic carbocycles. The SMILES string of the molecule is O=C(Nc1ccc(CN2C(=O)CCC2=O)cc1)c1cccs1. The van der Waals surface area contributed by atoms with E-state index in [0.29, 0.717) is 23.4 Å². The Morgan fingerprint density at radius 3 is 2.36 bits per heavy atom. The van der Waals surface area contributed by atoms with Crippen LogP contribution >= 0.6 is 11.3 Å². The highest BCUT2D eigenvalue weighted by molar-refractivity contribution is 7.12. The lowest BCUT2D eigenvalue weighted by Gasteiger charge is -2.14. The molecule has 2 heterocycles. The van der Waals surface area contributed by atoms with Crippen LogP contribution in [-0.2, 0) is 16.1 Å². The van der Waals surface area contributed by atoms with Crippen LogP contribution in [0, 0.1) is 0 Å². The third-order valence-electron chi connectivity index (χ3n) is 3.45. The second-order valence-corrected chi connectivity index (χ2v) is 5.95. The number of anilines is 1. The number of hydrogen-bond donors (Lipinski definition) is 1. The van der Waals surface area contributed by atoms with Gasteiger partial charge in [0, 0.05) is 18.5 Å². The molecule has 5 nitrogen and oxygen atoms in total. The number of carbonyl (C=O) groups excluding carboxylic acids is 3. The molecule has 1 aromatic carbocycles. The van der Waals surface area contributed by atoms with Gasteiger partial charge in [0.25, 0.3) is 5.91 Å². The normalized spacial score (nSPS) is 14.5. The second-order valence-electron chi connectivity index (χ2n) is 5.00. The summed E-state index contributed by atoms with van der Waals surface area (Å²) < 4.78 is 0. The molecule has 2 aromatic rings. The lowest BCUT2D eigenvalue weighted by atomic mass is 10.2. The zero-order valence-electron chi connectivity index (χ0n) is 11.7. The van der Waals surface area contributed by atoms with Gasteiger partial charge >= 0.3 is 0 Å². The third kappa shape index (κ3) is 3.07. The summed E-state index contributed by atoms with van der Waals surface area (Å²) in [6.07, 6.45) is 0.599. The van der Waals surface area contributed by atoms with Crippen molar-refractivity contribution < 1.29 is 14.4 Å². The number of nitrogens with zero attached hydrogens (tertiary/aromatic N) is 1. The van der Waals surface area contributed by atoms with Crippen molar-refractivity contribution in [1.82, 2.24) is 4.90 Å². The van der Waals surface area contributed by atoms with Gasteiger partial charge in [-0.3, -0.25) is 19.3 Å². The summed E-state index contributed by atoms with van der Waals surface area (Å²) in [4.78, 5) is 37.0. The molecule has 1 aliphatic heterocycles. The molecule has 1 aliphatic rings. The van der Waals surface area contributed by atoms with Gasteiger partial charge in [0.05, 0.1) is 11.4 Å². The number of rotatable bonds is 4. The minimum Gasteiger partial charge on any atom is -0.321 e. The van der Waals surface area contributed by atoms with Gasteiger partial charge in [-0.1, -0.05) is 18.2 Å². The Hall–Kier alpha value is -2.47. The van der Waals surface area contributed by atoms with E-state index in [0.717, 1.165) is 5.56 Å². The molecule has 1 saturated heterocycles. The molecule has 0 bridgehead atoms. The van der Waals surface area contributed by atoms with Crippen molar-refractivity contribution in [2.45, 2.75) is 19.4 Å². The smallest absolute Gasteiger partial charge is 0.265 e. The molecule has 1 N–H and O–H groups in total. The number of nitrogens with one attached hydrogen (secondary N) is 1. The maximum absolute atomic E-state index is 11.9. The standard InChI is InChI=1S/C16H14N2O3S/c19-14-7-8-15(20)18(14)10-11-3-5-12(6-4-11)17-16(21)13-2-1-9-22-13/h1-6,9H,7-8,10H2,(H,17,21). The molecule has 0 saturated carbocycles. The monoisotopic (exact) mass is 314 g/mol. The highest BCUT2D eigenvalue weighted by Gasteiger charge is 2.28. The molecule has 112 valence electrons. The van der Waals surface area contributed by atoms with Crippen molar-refractivity contribution in [3.63, 3.8) is 0 Å². The predicted octanol–water partition coefficient (Wildman–Crippen LogP) is 2.65. The van der Waals surface area contributed by atoms with E-state index in [1.807, 2.05) is 23.6 Å². The van der Waals surface area contributed by atoms with Crippen LogP contribution < -0.4 is 5.32 Å². The van der Waals surface area contributed by atoms with Gasteiger partial charge in [0.2, 0.25) is 11.8 Å². The molecular weight excluding hydrogens is 300 g/mol. The second kappa shape index (κ2) is 6.11. The molecule has 0 atom stereocenters. The number of amides is 3. The lowest BCUT2D eigenvalue weighted by molar-refractivity contribution is -0.139. The van der Waals surface area contributed by atoms with Gasteiger partial charge in [-0.15, -0.1) is 11.3 Å². The highest BCUT2D eigenvalue weighted by atomic mass is 32.1. The summed E-state index contributed by atoms with van der Waals surface area (Å²) in [5.74, 6) is -0.396. The molecule has 1 fully saturated rings. The summed E-state index contributed by atoms with van der Waals surface area (Å²) in [5, 5.41) is 4.66. The maximum Gasteiger partial charge on any atom is 0.265 e. The van der Waals surface area contributed by atoms with Gasteiger partial charge in [0.1, 0.15) is 0 Å². The first-order valence-electron chi connectivity index (χ1n) is 6.90. The van der Waals surface area contributed by atoms with E-state index < -0.39 is 0 Å².